The highest BCUT2D eigenvalue weighted by molar-refractivity contribution is 6.00. The zero-order valence-electron chi connectivity index (χ0n) is 16.7. The Morgan fingerprint density at radius 2 is 1.97 bits per heavy atom. The summed E-state index contributed by atoms with van der Waals surface area (Å²) in [6.45, 7) is 0.132. The second-order valence-electron chi connectivity index (χ2n) is 8.09. The summed E-state index contributed by atoms with van der Waals surface area (Å²) in [6, 6.07) is 11.9. The molecular formula is C23H22F3NO4. The van der Waals surface area contributed by atoms with Crippen molar-refractivity contribution in [3.63, 3.8) is 0 Å². The number of ketones is 1. The third kappa shape index (κ3) is 4.84. The van der Waals surface area contributed by atoms with E-state index in [2.05, 4.69) is 5.32 Å². The first-order valence-electron chi connectivity index (χ1n) is 10.1. The van der Waals surface area contributed by atoms with Gasteiger partial charge in [0.05, 0.1) is 17.5 Å². The van der Waals surface area contributed by atoms with E-state index in [0.29, 0.717) is 25.7 Å². The predicted molar refractivity (Wildman–Crippen MR) is 106 cm³/mol. The Hall–Kier alpha value is -3.03. The fraction of sp³-hybridized carbons (Fsp3) is 0.391. The number of Topliss-reactive ketones (excluding diaryl/α,β-unsaturated/α-hetero) is 1. The minimum Gasteiger partial charge on any atom is -0.486 e. The van der Waals surface area contributed by atoms with Crippen molar-refractivity contribution in [1.29, 1.82) is 0 Å². The van der Waals surface area contributed by atoms with Crippen LogP contribution >= 0.6 is 0 Å². The first-order chi connectivity index (χ1) is 14.7. The number of carbonyl (C=O) groups is 2. The summed E-state index contributed by atoms with van der Waals surface area (Å²) in [5.74, 6) is -0.291. The van der Waals surface area contributed by atoms with Gasteiger partial charge in [-0.05, 0) is 43.0 Å². The molecule has 1 aliphatic carbocycles. The van der Waals surface area contributed by atoms with Gasteiger partial charge in [-0.2, -0.15) is 13.2 Å². The zero-order chi connectivity index (χ0) is 22.1. The number of alkyl halides is 3. The molecule has 2 unspecified atom stereocenters. The van der Waals surface area contributed by atoms with Gasteiger partial charge in [0.25, 0.3) is 0 Å². The van der Waals surface area contributed by atoms with Gasteiger partial charge in [-0.3, -0.25) is 4.79 Å². The highest BCUT2D eigenvalue weighted by Gasteiger charge is 2.45. The molecule has 1 spiro atoms. The van der Waals surface area contributed by atoms with Crippen LogP contribution in [0.25, 0.3) is 0 Å². The summed E-state index contributed by atoms with van der Waals surface area (Å²) >= 11 is 0. The van der Waals surface area contributed by atoms with Crippen molar-refractivity contribution in [2.45, 2.75) is 56.5 Å². The number of rotatable bonds is 3. The number of fused-ring (bicyclic) bond motifs is 1. The molecule has 1 heterocycles. The number of hydrogen-bond acceptors (Lipinski definition) is 4. The highest BCUT2D eigenvalue weighted by atomic mass is 19.4. The molecule has 0 radical (unpaired) electrons. The SMILES string of the molecule is O=C(NC1CCCC2(CC(=O)c3ccc(C(F)(F)F)cc3O2)C1)OCc1ccccc1. The summed E-state index contributed by atoms with van der Waals surface area (Å²) in [6.07, 6.45) is -2.82. The number of carbonyl (C=O) groups excluding carboxylic acids is 2. The van der Waals surface area contributed by atoms with Gasteiger partial charge in [0.2, 0.25) is 0 Å². The smallest absolute Gasteiger partial charge is 0.416 e. The first kappa shape index (κ1) is 21.2. The molecule has 2 atom stereocenters. The van der Waals surface area contributed by atoms with Crippen molar-refractivity contribution in [3.05, 3.63) is 65.2 Å². The topological polar surface area (TPSA) is 64.6 Å². The molecule has 31 heavy (non-hydrogen) atoms. The van der Waals surface area contributed by atoms with Crippen molar-refractivity contribution in [1.82, 2.24) is 5.32 Å². The predicted octanol–water partition coefficient (Wildman–Crippen LogP) is 5.28. The van der Waals surface area contributed by atoms with Gasteiger partial charge in [-0.1, -0.05) is 30.3 Å². The number of amides is 1. The summed E-state index contributed by atoms with van der Waals surface area (Å²) in [5, 5.41) is 2.80. The number of nitrogens with one attached hydrogen (secondary N) is 1. The molecule has 0 saturated heterocycles. The maximum atomic E-state index is 13.1. The lowest BCUT2D eigenvalue weighted by Crippen LogP contribution is -2.51. The molecule has 0 aromatic heterocycles. The van der Waals surface area contributed by atoms with Crippen LogP contribution in [-0.2, 0) is 17.5 Å². The van der Waals surface area contributed by atoms with Crippen LogP contribution in [0, 0.1) is 0 Å². The van der Waals surface area contributed by atoms with Gasteiger partial charge in [-0.25, -0.2) is 4.79 Å². The molecule has 2 aromatic carbocycles. The van der Waals surface area contributed by atoms with Gasteiger partial charge in [-0.15, -0.1) is 0 Å². The average molecular weight is 433 g/mol. The molecule has 8 heteroatoms. The molecule has 5 nitrogen and oxygen atoms in total. The normalized spacial score (nSPS) is 23.1. The Balaban J connectivity index is 1.43. The molecule has 1 N–H and O–H groups in total. The average Bonchev–Trinajstić information content (AvgIpc) is 2.72. The Kier molecular flexibility index (Phi) is 5.64. The van der Waals surface area contributed by atoms with Gasteiger partial charge in [0.1, 0.15) is 18.0 Å². The fourth-order valence-corrected chi connectivity index (χ4v) is 4.30. The van der Waals surface area contributed by atoms with E-state index >= 15 is 0 Å². The van der Waals surface area contributed by atoms with Crippen molar-refractivity contribution in [2.24, 2.45) is 0 Å². The van der Waals surface area contributed by atoms with Crippen molar-refractivity contribution in [2.75, 3.05) is 0 Å². The number of ether oxygens (including phenoxy) is 2. The highest BCUT2D eigenvalue weighted by Crippen LogP contribution is 2.43. The van der Waals surface area contributed by atoms with Crippen molar-refractivity contribution in [3.8, 4) is 5.75 Å². The van der Waals surface area contributed by atoms with Crippen LogP contribution in [0.5, 0.6) is 5.75 Å². The molecule has 164 valence electrons. The summed E-state index contributed by atoms with van der Waals surface area (Å²) in [5.41, 5.74) is -0.762. The Bertz CT molecular complexity index is 977. The minimum absolute atomic E-state index is 0.0432. The standard InChI is InChI=1S/C23H22F3NO4/c24-23(25,26)16-8-9-18-19(28)13-22(31-20(18)11-16)10-4-7-17(12-22)27-21(29)30-14-15-5-2-1-3-6-15/h1-3,5-6,8-9,11,17H,4,7,10,12-14H2,(H,27,29). The van der Waals surface area contributed by atoms with E-state index in [1.54, 1.807) is 0 Å². The van der Waals surface area contributed by atoms with E-state index in [1.165, 1.54) is 6.07 Å². The van der Waals surface area contributed by atoms with Crippen LogP contribution in [-0.4, -0.2) is 23.5 Å². The molecule has 1 saturated carbocycles. The second-order valence-corrected chi connectivity index (χ2v) is 8.09. The number of benzene rings is 2. The van der Waals surface area contributed by atoms with E-state index < -0.39 is 23.4 Å². The summed E-state index contributed by atoms with van der Waals surface area (Å²) in [7, 11) is 0. The lowest BCUT2D eigenvalue weighted by Gasteiger charge is -2.43. The van der Waals surface area contributed by atoms with Crippen molar-refractivity contribution >= 4 is 11.9 Å². The molecule has 2 aliphatic rings. The minimum atomic E-state index is -4.52. The second kappa shape index (κ2) is 8.24. The zero-order valence-corrected chi connectivity index (χ0v) is 16.7. The van der Waals surface area contributed by atoms with E-state index in [4.69, 9.17) is 9.47 Å². The lowest BCUT2D eigenvalue weighted by molar-refractivity contribution is -0.137. The molecule has 4 rings (SSSR count). The third-order valence-corrected chi connectivity index (χ3v) is 5.76. The summed E-state index contributed by atoms with van der Waals surface area (Å²) < 4.78 is 50.5. The van der Waals surface area contributed by atoms with Crippen LogP contribution in [0.4, 0.5) is 18.0 Å². The fourth-order valence-electron chi connectivity index (χ4n) is 4.30. The third-order valence-electron chi connectivity index (χ3n) is 5.76. The van der Waals surface area contributed by atoms with Gasteiger partial charge < -0.3 is 14.8 Å². The quantitative estimate of drug-likeness (QED) is 0.716. The first-order valence-corrected chi connectivity index (χ1v) is 10.1. The van der Waals surface area contributed by atoms with Crippen LogP contribution in [0.1, 0.15) is 53.6 Å². The van der Waals surface area contributed by atoms with Gasteiger partial charge in [0.15, 0.2) is 5.78 Å². The molecular weight excluding hydrogens is 411 g/mol. The molecule has 1 aliphatic heterocycles. The summed E-state index contributed by atoms with van der Waals surface area (Å²) in [4.78, 5) is 24.8. The van der Waals surface area contributed by atoms with Crippen LogP contribution < -0.4 is 10.1 Å². The number of halogens is 3. The van der Waals surface area contributed by atoms with E-state index in [9.17, 15) is 22.8 Å². The van der Waals surface area contributed by atoms with Crippen LogP contribution in [0.15, 0.2) is 48.5 Å². The largest absolute Gasteiger partial charge is 0.486 e. The van der Waals surface area contributed by atoms with E-state index in [-0.39, 0.29) is 36.2 Å². The Morgan fingerprint density at radius 3 is 2.71 bits per heavy atom. The maximum absolute atomic E-state index is 13.1. The molecule has 1 amide bonds. The lowest BCUT2D eigenvalue weighted by atomic mass is 9.76. The Labute approximate surface area is 177 Å². The number of hydrogen-bond donors (Lipinski definition) is 1. The van der Waals surface area contributed by atoms with Crippen LogP contribution in [0.3, 0.4) is 0 Å². The molecule has 0 bridgehead atoms. The number of alkyl carbamates (subject to hydrolysis) is 1. The monoisotopic (exact) mass is 433 g/mol. The molecule has 1 fully saturated rings. The van der Waals surface area contributed by atoms with Crippen LogP contribution in [0.2, 0.25) is 0 Å². The Morgan fingerprint density at radius 1 is 1.19 bits per heavy atom. The van der Waals surface area contributed by atoms with E-state index in [0.717, 1.165) is 17.7 Å². The van der Waals surface area contributed by atoms with E-state index in [1.807, 2.05) is 30.3 Å². The van der Waals surface area contributed by atoms with Gasteiger partial charge in [0, 0.05) is 12.5 Å². The van der Waals surface area contributed by atoms with Gasteiger partial charge >= 0.3 is 12.3 Å². The molecule has 2 aromatic rings. The maximum Gasteiger partial charge on any atom is 0.416 e. The van der Waals surface area contributed by atoms with Crippen molar-refractivity contribution < 1.29 is 32.2 Å².